The van der Waals surface area contributed by atoms with Crippen LogP contribution < -0.4 is 9.62 Å². The molecule has 134 valence electrons. The van der Waals surface area contributed by atoms with E-state index in [1.54, 1.807) is 23.1 Å². The molecule has 1 amide bonds. The van der Waals surface area contributed by atoms with E-state index < -0.39 is 23.0 Å². The van der Waals surface area contributed by atoms with E-state index in [-0.39, 0.29) is 10.8 Å². The summed E-state index contributed by atoms with van der Waals surface area (Å²) < 4.78 is 52.7. The van der Waals surface area contributed by atoms with E-state index in [0.717, 1.165) is 28.3 Å². The average Bonchev–Trinajstić information content (AvgIpc) is 3.12. The number of fused-ring (bicyclic) bond motifs is 1. The second-order valence-corrected chi connectivity index (χ2v) is 7.34. The maximum atomic E-state index is 12.4. The highest BCUT2D eigenvalue weighted by atomic mass is 32.2. The van der Waals surface area contributed by atoms with Gasteiger partial charge in [0.05, 0.1) is 6.20 Å². The second kappa shape index (κ2) is 6.43. The summed E-state index contributed by atoms with van der Waals surface area (Å²) in [4.78, 5) is 13.0. The van der Waals surface area contributed by atoms with Gasteiger partial charge in [-0.2, -0.15) is 5.10 Å². The molecule has 1 aromatic carbocycles. The van der Waals surface area contributed by atoms with Gasteiger partial charge in [-0.25, -0.2) is 17.2 Å². The van der Waals surface area contributed by atoms with Gasteiger partial charge in [0.15, 0.2) is 0 Å². The summed E-state index contributed by atoms with van der Waals surface area (Å²) in [7, 11) is -3.93. The molecule has 1 N–H and O–H groups in total. The van der Waals surface area contributed by atoms with Crippen molar-refractivity contribution in [3.63, 3.8) is 0 Å². The molecule has 1 aromatic heterocycles. The zero-order valence-electron chi connectivity index (χ0n) is 13.3. The van der Waals surface area contributed by atoms with Crippen molar-refractivity contribution in [1.82, 2.24) is 9.78 Å². The fourth-order valence-electron chi connectivity index (χ4n) is 2.73. The van der Waals surface area contributed by atoms with Gasteiger partial charge in [-0.1, -0.05) is 0 Å². The largest absolute Gasteiger partial charge is 0.312 e. The molecule has 10 heteroatoms. The van der Waals surface area contributed by atoms with Gasteiger partial charge in [-0.15, -0.1) is 0 Å². The predicted molar refractivity (Wildman–Crippen MR) is 87.2 cm³/mol. The molecule has 0 bridgehead atoms. The van der Waals surface area contributed by atoms with Crippen LogP contribution in [0.1, 0.15) is 12.5 Å². The van der Waals surface area contributed by atoms with Crippen LogP contribution in [0.5, 0.6) is 0 Å². The van der Waals surface area contributed by atoms with E-state index in [1.165, 1.54) is 6.92 Å². The topological polar surface area (TPSA) is 84.3 Å². The van der Waals surface area contributed by atoms with E-state index in [2.05, 4.69) is 9.82 Å². The standard InChI is InChI=1S/C15H16F2N4O3S/c1-10(22)21-5-4-11-6-12(2-3-14(11)21)19-25(23,24)13-7-18-20(8-13)9-15(16)17/h2-3,6-8,15,19H,4-5,9H2,1H3. The number of aromatic nitrogens is 2. The lowest BCUT2D eigenvalue weighted by Gasteiger charge is -2.15. The third-order valence-corrected chi connectivity index (χ3v) is 5.19. The van der Waals surface area contributed by atoms with Crippen molar-refractivity contribution in [3.05, 3.63) is 36.2 Å². The number of alkyl halides is 2. The van der Waals surface area contributed by atoms with Crippen molar-refractivity contribution >= 4 is 27.3 Å². The fraction of sp³-hybridized carbons (Fsp3) is 0.333. The van der Waals surface area contributed by atoms with Crippen molar-refractivity contribution < 1.29 is 22.0 Å². The molecular weight excluding hydrogens is 354 g/mol. The second-order valence-electron chi connectivity index (χ2n) is 5.66. The minimum absolute atomic E-state index is 0.0708. The summed E-state index contributed by atoms with van der Waals surface area (Å²) in [6, 6.07) is 4.91. The Morgan fingerprint density at radius 2 is 2.16 bits per heavy atom. The first-order valence-corrected chi connectivity index (χ1v) is 8.99. The molecule has 0 spiro atoms. The number of carbonyl (C=O) groups excluding carboxylic acids is 1. The maximum Gasteiger partial charge on any atom is 0.265 e. The van der Waals surface area contributed by atoms with Crippen LogP contribution in [0.2, 0.25) is 0 Å². The molecule has 0 aliphatic carbocycles. The summed E-state index contributed by atoms with van der Waals surface area (Å²) in [6.07, 6.45) is 0.0930. The Morgan fingerprint density at radius 3 is 2.84 bits per heavy atom. The Labute approximate surface area is 143 Å². The molecule has 0 fully saturated rings. The monoisotopic (exact) mass is 370 g/mol. The maximum absolute atomic E-state index is 12.4. The van der Waals surface area contributed by atoms with Crippen molar-refractivity contribution in [2.45, 2.75) is 31.2 Å². The van der Waals surface area contributed by atoms with Crippen LogP contribution in [0.15, 0.2) is 35.5 Å². The molecule has 1 aliphatic heterocycles. The van der Waals surface area contributed by atoms with Gasteiger partial charge in [-0.05, 0) is 30.2 Å². The van der Waals surface area contributed by atoms with Gasteiger partial charge in [0.1, 0.15) is 11.4 Å². The first-order valence-electron chi connectivity index (χ1n) is 7.51. The zero-order chi connectivity index (χ0) is 18.2. The van der Waals surface area contributed by atoms with Gasteiger partial charge >= 0.3 is 0 Å². The lowest BCUT2D eigenvalue weighted by atomic mass is 10.1. The number of hydrogen-bond donors (Lipinski definition) is 1. The van der Waals surface area contributed by atoms with Crippen LogP contribution in [0.4, 0.5) is 20.2 Å². The van der Waals surface area contributed by atoms with Gasteiger partial charge in [-0.3, -0.25) is 14.2 Å². The van der Waals surface area contributed by atoms with Gasteiger partial charge in [0, 0.05) is 31.0 Å². The minimum atomic E-state index is -3.93. The Bertz CT molecular complexity index is 911. The number of sulfonamides is 1. The first kappa shape index (κ1) is 17.3. The molecule has 3 rings (SSSR count). The number of amides is 1. The highest BCUT2D eigenvalue weighted by Crippen LogP contribution is 2.31. The summed E-state index contributed by atoms with van der Waals surface area (Å²) in [5.74, 6) is -0.0708. The quantitative estimate of drug-likeness (QED) is 0.871. The normalized spacial score (nSPS) is 14.0. The Hall–Kier alpha value is -2.49. The van der Waals surface area contributed by atoms with Crippen LogP contribution in [-0.2, 0) is 27.8 Å². The Morgan fingerprint density at radius 1 is 1.40 bits per heavy atom. The number of nitrogens with zero attached hydrogens (tertiary/aromatic N) is 3. The van der Waals surface area contributed by atoms with E-state index >= 15 is 0 Å². The summed E-state index contributed by atoms with van der Waals surface area (Å²) in [5.41, 5.74) is 1.97. The molecule has 2 aromatic rings. The number of hydrogen-bond acceptors (Lipinski definition) is 4. The molecule has 1 aliphatic rings. The summed E-state index contributed by atoms with van der Waals surface area (Å²) >= 11 is 0. The molecule has 7 nitrogen and oxygen atoms in total. The van der Waals surface area contributed by atoms with Crippen molar-refractivity contribution in [2.75, 3.05) is 16.2 Å². The average molecular weight is 370 g/mol. The molecule has 0 radical (unpaired) electrons. The number of nitrogens with one attached hydrogen (secondary N) is 1. The number of halogens is 2. The first-order chi connectivity index (χ1) is 11.8. The molecule has 0 atom stereocenters. The van der Waals surface area contributed by atoms with Crippen LogP contribution in [0.3, 0.4) is 0 Å². The summed E-state index contributed by atoms with van der Waals surface area (Å²) in [6.45, 7) is 1.36. The molecule has 2 heterocycles. The third kappa shape index (κ3) is 3.63. The smallest absolute Gasteiger partial charge is 0.265 e. The third-order valence-electron chi connectivity index (χ3n) is 3.85. The van der Waals surface area contributed by atoms with Gasteiger partial charge < -0.3 is 4.90 Å². The number of benzene rings is 1. The number of carbonyl (C=O) groups is 1. The van der Waals surface area contributed by atoms with Gasteiger partial charge in [0.2, 0.25) is 5.91 Å². The molecular formula is C15H16F2N4O3S. The summed E-state index contributed by atoms with van der Waals surface area (Å²) in [5, 5.41) is 3.62. The van der Waals surface area contributed by atoms with Crippen LogP contribution in [0, 0.1) is 0 Å². The van der Waals surface area contributed by atoms with E-state index in [0.29, 0.717) is 18.7 Å². The number of anilines is 2. The van der Waals surface area contributed by atoms with Gasteiger partial charge in [0.25, 0.3) is 16.4 Å². The molecule has 0 unspecified atom stereocenters. The highest BCUT2D eigenvalue weighted by molar-refractivity contribution is 7.92. The SMILES string of the molecule is CC(=O)N1CCc2cc(NS(=O)(=O)c3cnn(CC(F)F)c3)ccc21. The zero-order valence-corrected chi connectivity index (χ0v) is 14.1. The predicted octanol–water partition coefficient (Wildman–Crippen LogP) is 1.86. The van der Waals surface area contributed by atoms with Crippen molar-refractivity contribution in [3.8, 4) is 0 Å². The van der Waals surface area contributed by atoms with Crippen LogP contribution in [0.25, 0.3) is 0 Å². The lowest BCUT2D eigenvalue weighted by Crippen LogP contribution is -2.25. The van der Waals surface area contributed by atoms with Crippen molar-refractivity contribution in [2.24, 2.45) is 0 Å². The van der Waals surface area contributed by atoms with Crippen LogP contribution in [-0.4, -0.2) is 37.1 Å². The Balaban J connectivity index is 1.80. The van der Waals surface area contributed by atoms with E-state index in [4.69, 9.17) is 0 Å². The van der Waals surface area contributed by atoms with Crippen LogP contribution >= 0.6 is 0 Å². The number of rotatable bonds is 5. The minimum Gasteiger partial charge on any atom is -0.312 e. The highest BCUT2D eigenvalue weighted by Gasteiger charge is 2.23. The molecule has 25 heavy (non-hydrogen) atoms. The van der Waals surface area contributed by atoms with E-state index in [1.807, 2.05) is 0 Å². The van der Waals surface area contributed by atoms with Crippen molar-refractivity contribution in [1.29, 1.82) is 0 Å². The fourth-order valence-corrected chi connectivity index (χ4v) is 3.73. The Kier molecular flexibility index (Phi) is 4.46. The van der Waals surface area contributed by atoms with E-state index in [9.17, 15) is 22.0 Å². The molecule has 0 saturated heterocycles. The molecule has 0 saturated carbocycles. The lowest BCUT2D eigenvalue weighted by molar-refractivity contribution is -0.116.